The van der Waals surface area contributed by atoms with E-state index in [-0.39, 0.29) is 0 Å². The number of aromatic nitrogens is 1. The molecule has 0 fully saturated rings. The number of nitrogens with zero attached hydrogens (tertiary/aromatic N) is 2. The first-order valence-corrected chi connectivity index (χ1v) is 7.86. The highest BCUT2D eigenvalue weighted by atomic mass is 16.5. The number of hydrogen-bond acceptors (Lipinski definition) is 5. The van der Waals surface area contributed by atoms with E-state index < -0.39 is 6.29 Å². The third-order valence-electron chi connectivity index (χ3n) is 3.29. The maximum absolute atomic E-state index is 8.69. The quantitative estimate of drug-likeness (QED) is 0.333. The van der Waals surface area contributed by atoms with Crippen LogP contribution in [0.3, 0.4) is 0 Å². The number of aliphatic imine (C=N–C) groups is 1. The molecule has 0 amide bonds. The molecule has 0 aliphatic rings. The molecule has 0 radical (unpaired) electrons. The molecule has 1 aromatic heterocycles. The van der Waals surface area contributed by atoms with Crippen LogP contribution >= 0.6 is 0 Å². The van der Waals surface area contributed by atoms with Crippen molar-refractivity contribution in [2.75, 3.05) is 6.54 Å². The summed E-state index contributed by atoms with van der Waals surface area (Å²) < 4.78 is 0. The monoisotopic (exact) mass is 305 g/mol. The zero-order valence-corrected chi connectivity index (χ0v) is 13.2. The smallest absolute Gasteiger partial charge is 0.151 e. The zero-order chi connectivity index (χ0) is 16.0. The summed E-state index contributed by atoms with van der Waals surface area (Å²) in [6.07, 6.45) is 12.2. The minimum Gasteiger partial charge on any atom is -0.368 e. The predicted octanol–water partition coefficient (Wildman–Crippen LogP) is 2.58. The van der Waals surface area contributed by atoms with Gasteiger partial charge in [0, 0.05) is 30.9 Å². The largest absolute Gasteiger partial charge is 0.368 e. The summed E-state index contributed by atoms with van der Waals surface area (Å²) in [7, 11) is 0. The topological polar surface area (TPSA) is 77.7 Å². The molecule has 0 aromatic carbocycles. The molecule has 22 heavy (non-hydrogen) atoms. The van der Waals surface area contributed by atoms with Gasteiger partial charge in [-0.2, -0.15) is 0 Å². The van der Waals surface area contributed by atoms with Crippen molar-refractivity contribution in [2.24, 2.45) is 4.99 Å². The molecular formula is C17H27N3O2. The molecule has 1 atom stereocenters. The van der Waals surface area contributed by atoms with E-state index in [2.05, 4.69) is 28.3 Å². The van der Waals surface area contributed by atoms with Crippen molar-refractivity contribution < 1.29 is 10.2 Å². The minimum absolute atomic E-state index is 0.299. The molecule has 0 aliphatic carbocycles. The normalized spacial score (nSPS) is 13.5. The Morgan fingerprint density at radius 2 is 2.18 bits per heavy atom. The molecule has 0 aliphatic heterocycles. The molecule has 0 bridgehead atoms. The van der Waals surface area contributed by atoms with Gasteiger partial charge in [0.1, 0.15) is 0 Å². The first-order chi connectivity index (χ1) is 10.7. The van der Waals surface area contributed by atoms with Crippen LogP contribution in [-0.4, -0.2) is 34.2 Å². The zero-order valence-electron chi connectivity index (χ0n) is 13.2. The molecule has 1 heterocycles. The lowest BCUT2D eigenvalue weighted by Crippen LogP contribution is -2.19. The lowest BCUT2D eigenvalue weighted by atomic mass is 10.1. The molecule has 0 saturated heterocycles. The summed E-state index contributed by atoms with van der Waals surface area (Å²) >= 11 is 0. The van der Waals surface area contributed by atoms with Crippen molar-refractivity contribution in [2.45, 2.75) is 51.4 Å². The molecule has 1 rings (SSSR count). The summed E-state index contributed by atoms with van der Waals surface area (Å²) in [5.74, 6) is 0. The second kappa shape index (κ2) is 12.0. The molecule has 3 N–H and O–H groups in total. The van der Waals surface area contributed by atoms with Crippen LogP contribution in [0.25, 0.3) is 0 Å². The van der Waals surface area contributed by atoms with E-state index >= 15 is 0 Å². The number of unbranched alkanes of at least 4 members (excludes halogenated alkanes) is 2. The maximum atomic E-state index is 8.69. The van der Waals surface area contributed by atoms with E-state index in [1.807, 2.05) is 30.8 Å². The number of hydrogen-bond donors (Lipinski definition) is 3. The summed E-state index contributed by atoms with van der Waals surface area (Å²) in [5, 5.41) is 20.8. The highest BCUT2D eigenvalue weighted by molar-refractivity contribution is 5.57. The predicted molar refractivity (Wildman–Crippen MR) is 89.6 cm³/mol. The Kier molecular flexibility index (Phi) is 10.1. The Bertz CT molecular complexity index is 433. The van der Waals surface area contributed by atoms with Gasteiger partial charge in [-0.3, -0.25) is 9.98 Å². The number of nitrogens with one attached hydrogen (secondary N) is 1. The SMILES string of the molecule is C[C@@H](NCC/C=C/N=CCCCCC(O)O)c1cccnc1. The van der Waals surface area contributed by atoms with Crippen molar-refractivity contribution >= 4 is 6.21 Å². The highest BCUT2D eigenvalue weighted by Crippen LogP contribution is 2.09. The molecular weight excluding hydrogens is 278 g/mol. The second-order valence-corrected chi connectivity index (χ2v) is 5.23. The van der Waals surface area contributed by atoms with Gasteiger partial charge in [-0.1, -0.05) is 12.1 Å². The van der Waals surface area contributed by atoms with Gasteiger partial charge in [0.15, 0.2) is 6.29 Å². The average Bonchev–Trinajstić information content (AvgIpc) is 2.53. The van der Waals surface area contributed by atoms with Crippen molar-refractivity contribution in [1.82, 2.24) is 10.3 Å². The van der Waals surface area contributed by atoms with Gasteiger partial charge in [0.25, 0.3) is 0 Å². The van der Waals surface area contributed by atoms with Crippen LogP contribution in [0.5, 0.6) is 0 Å². The third kappa shape index (κ3) is 9.39. The number of aliphatic hydroxyl groups excluding tert-OH is 1. The lowest BCUT2D eigenvalue weighted by Gasteiger charge is -2.12. The minimum atomic E-state index is -1.18. The van der Waals surface area contributed by atoms with Gasteiger partial charge in [-0.15, -0.1) is 0 Å². The first-order valence-electron chi connectivity index (χ1n) is 7.86. The number of rotatable bonds is 11. The molecule has 0 spiro atoms. The fourth-order valence-electron chi connectivity index (χ4n) is 1.97. The van der Waals surface area contributed by atoms with Crippen LogP contribution in [0.15, 0.2) is 41.8 Å². The Morgan fingerprint density at radius 3 is 2.91 bits per heavy atom. The Labute approximate surface area is 132 Å². The highest BCUT2D eigenvalue weighted by Gasteiger charge is 2.02. The fourth-order valence-corrected chi connectivity index (χ4v) is 1.97. The van der Waals surface area contributed by atoms with E-state index in [0.717, 1.165) is 32.2 Å². The van der Waals surface area contributed by atoms with Gasteiger partial charge in [-0.25, -0.2) is 0 Å². The first kappa shape index (κ1) is 18.5. The molecule has 5 heteroatoms. The molecule has 0 unspecified atom stereocenters. The van der Waals surface area contributed by atoms with Crippen LogP contribution < -0.4 is 5.32 Å². The molecule has 1 aromatic rings. The van der Waals surface area contributed by atoms with Crippen molar-refractivity contribution in [3.8, 4) is 0 Å². The summed E-state index contributed by atoms with van der Waals surface area (Å²) in [6.45, 7) is 3.03. The van der Waals surface area contributed by atoms with E-state index in [1.54, 1.807) is 6.20 Å². The van der Waals surface area contributed by atoms with Crippen LogP contribution in [0.2, 0.25) is 0 Å². The van der Waals surface area contributed by atoms with Crippen LogP contribution in [0.1, 0.15) is 50.6 Å². The van der Waals surface area contributed by atoms with Crippen molar-refractivity contribution in [1.29, 1.82) is 0 Å². The second-order valence-electron chi connectivity index (χ2n) is 5.23. The van der Waals surface area contributed by atoms with Crippen molar-refractivity contribution in [3.05, 3.63) is 42.4 Å². The maximum Gasteiger partial charge on any atom is 0.151 e. The summed E-state index contributed by atoms with van der Waals surface area (Å²) in [5.41, 5.74) is 1.19. The third-order valence-corrected chi connectivity index (χ3v) is 3.29. The Hall–Kier alpha value is -1.56. The van der Waals surface area contributed by atoms with E-state index in [9.17, 15) is 0 Å². The van der Waals surface area contributed by atoms with E-state index in [4.69, 9.17) is 10.2 Å². The van der Waals surface area contributed by atoms with Crippen LogP contribution in [-0.2, 0) is 0 Å². The molecule has 122 valence electrons. The molecule has 0 saturated carbocycles. The number of aliphatic hydroxyl groups is 2. The van der Waals surface area contributed by atoms with Gasteiger partial charge >= 0.3 is 0 Å². The fraction of sp³-hybridized carbons (Fsp3) is 0.529. The van der Waals surface area contributed by atoms with Gasteiger partial charge in [-0.05, 0) is 57.2 Å². The van der Waals surface area contributed by atoms with Gasteiger partial charge in [0.2, 0.25) is 0 Å². The lowest BCUT2D eigenvalue weighted by molar-refractivity contribution is -0.0464. The van der Waals surface area contributed by atoms with Gasteiger partial charge < -0.3 is 15.5 Å². The van der Waals surface area contributed by atoms with Gasteiger partial charge in [0.05, 0.1) is 0 Å². The summed E-state index contributed by atoms with van der Waals surface area (Å²) in [6, 6.07) is 4.32. The standard InChI is InChI=1S/C17H27N3O2/c1-15(16-8-7-12-19-14-16)20-13-6-5-11-18-10-4-2-3-9-17(21)22/h5,7-8,10-12,14-15,17,20-22H,2-4,6,9,13H2,1H3/b11-5+,18-10?/t15-/m1/s1. The Balaban J connectivity index is 2.02. The average molecular weight is 305 g/mol. The Morgan fingerprint density at radius 1 is 1.32 bits per heavy atom. The van der Waals surface area contributed by atoms with E-state index in [1.165, 1.54) is 5.56 Å². The van der Waals surface area contributed by atoms with Crippen LogP contribution in [0, 0.1) is 0 Å². The van der Waals surface area contributed by atoms with Crippen molar-refractivity contribution in [3.63, 3.8) is 0 Å². The van der Waals surface area contributed by atoms with Crippen LogP contribution in [0.4, 0.5) is 0 Å². The van der Waals surface area contributed by atoms with E-state index in [0.29, 0.717) is 12.5 Å². The molecule has 5 nitrogen and oxygen atoms in total. The summed E-state index contributed by atoms with van der Waals surface area (Å²) in [4.78, 5) is 8.31. The number of pyridine rings is 1.